The Morgan fingerprint density at radius 3 is 2.60 bits per heavy atom. The summed E-state index contributed by atoms with van der Waals surface area (Å²) in [6.07, 6.45) is -1.39. The summed E-state index contributed by atoms with van der Waals surface area (Å²) in [6.45, 7) is 2.70. The molecular formula is C8H12F3N3S. The molecule has 0 amide bonds. The molecule has 0 atom stereocenters. The van der Waals surface area contributed by atoms with Gasteiger partial charge in [0.05, 0.1) is 0 Å². The maximum absolute atomic E-state index is 12.1. The van der Waals surface area contributed by atoms with Gasteiger partial charge in [-0.15, -0.1) is 0 Å². The van der Waals surface area contributed by atoms with Gasteiger partial charge in [-0.2, -0.15) is 22.5 Å². The van der Waals surface area contributed by atoms with Crippen molar-refractivity contribution in [1.29, 1.82) is 0 Å². The largest absolute Gasteiger partial charge is 0.452 e. The van der Waals surface area contributed by atoms with Crippen LogP contribution in [0.5, 0.6) is 0 Å². The molecule has 86 valence electrons. The summed E-state index contributed by atoms with van der Waals surface area (Å²) in [6, 6.07) is 0. The molecule has 15 heavy (non-hydrogen) atoms. The predicted octanol–water partition coefficient (Wildman–Crippen LogP) is 3.16. The van der Waals surface area contributed by atoms with E-state index in [1.54, 1.807) is 0 Å². The molecule has 0 radical (unpaired) electrons. The molecule has 1 aromatic heterocycles. The SMILES string of the molecule is CCCCCNc1nc(C(F)(F)F)ns1. The Hall–Kier alpha value is -0.850. The Balaban J connectivity index is 2.40. The zero-order chi connectivity index (χ0) is 11.3. The molecule has 0 saturated carbocycles. The number of alkyl halides is 3. The summed E-state index contributed by atoms with van der Waals surface area (Å²) in [4.78, 5) is 3.35. The first-order valence-corrected chi connectivity index (χ1v) is 5.46. The van der Waals surface area contributed by atoms with Gasteiger partial charge in [0.25, 0.3) is 0 Å². The lowest BCUT2D eigenvalue weighted by atomic mass is 10.2. The lowest BCUT2D eigenvalue weighted by molar-refractivity contribution is -0.144. The summed E-state index contributed by atoms with van der Waals surface area (Å²) in [5.41, 5.74) is 0. The molecule has 0 aliphatic rings. The fraction of sp³-hybridized carbons (Fsp3) is 0.750. The molecule has 1 N–H and O–H groups in total. The van der Waals surface area contributed by atoms with Gasteiger partial charge in [-0.05, 0) is 6.42 Å². The molecule has 1 heterocycles. The number of nitrogens with zero attached hydrogens (tertiary/aromatic N) is 2. The molecule has 0 aliphatic heterocycles. The van der Waals surface area contributed by atoms with Crippen molar-refractivity contribution in [3.63, 3.8) is 0 Å². The zero-order valence-corrected chi connectivity index (χ0v) is 9.08. The van der Waals surface area contributed by atoms with E-state index >= 15 is 0 Å². The van der Waals surface area contributed by atoms with Crippen LogP contribution >= 0.6 is 11.5 Å². The van der Waals surface area contributed by atoms with E-state index in [4.69, 9.17) is 0 Å². The summed E-state index contributed by atoms with van der Waals surface area (Å²) in [5, 5.41) is 3.05. The highest BCUT2D eigenvalue weighted by molar-refractivity contribution is 7.09. The van der Waals surface area contributed by atoms with Gasteiger partial charge < -0.3 is 5.32 Å². The van der Waals surface area contributed by atoms with E-state index in [0.717, 1.165) is 30.8 Å². The standard InChI is InChI=1S/C8H12F3N3S/c1-2-3-4-5-12-7-13-6(14-15-7)8(9,10)11/h2-5H2,1H3,(H,12,13,14). The van der Waals surface area contributed by atoms with Crippen LogP contribution in [0.15, 0.2) is 0 Å². The van der Waals surface area contributed by atoms with Crippen LogP contribution < -0.4 is 5.32 Å². The second-order valence-corrected chi connectivity index (χ2v) is 3.81. The van der Waals surface area contributed by atoms with Gasteiger partial charge in [-0.1, -0.05) is 19.8 Å². The lowest BCUT2D eigenvalue weighted by Gasteiger charge is -2.00. The van der Waals surface area contributed by atoms with Crippen LogP contribution in [0.25, 0.3) is 0 Å². The Labute approximate surface area is 89.9 Å². The van der Waals surface area contributed by atoms with Crippen LogP contribution in [0.4, 0.5) is 18.3 Å². The highest BCUT2D eigenvalue weighted by atomic mass is 32.1. The van der Waals surface area contributed by atoms with Crippen molar-refractivity contribution >= 4 is 16.7 Å². The average molecular weight is 239 g/mol. The highest BCUT2D eigenvalue weighted by Gasteiger charge is 2.35. The third-order valence-corrected chi connectivity index (χ3v) is 2.41. The highest BCUT2D eigenvalue weighted by Crippen LogP contribution is 2.28. The van der Waals surface area contributed by atoms with Crippen molar-refractivity contribution < 1.29 is 13.2 Å². The molecule has 3 nitrogen and oxygen atoms in total. The van der Waals surface area contributed by atoms with E-state index in [2.05, 4.69) is 21.6 Å². The van der Waals surface area contributed by atoms with Gasteiger partial charge in [0, 0.05) is 18.1 Å². The summed E-state index contributed by atoms with van der Waals surface area (Å²) in [7, 11) is 0. The minimum absolute atomic E-state index is 0.235. The molecule has 1 aromatic rings. The van der Waals surface area contributed by atoms with Crippen molar-refractivity contribution in [1.82, 2.24) is 9.36 Å². The van der Waals surface area contributed by atoms with Gasteiger partial charge >= 0.3 is 6.18 Å². The first kappa shape index (κ1) is 12.2. The summed E-state index contributed by atoms with van der Waals surface area (Å²) < 4.78 is 39.5. The van der Waals surface area contributed by atoms with Gasteiger partial charge in [0.1, 0.15) is 0 Å². The average Bonchev–Trinajstić information content (AvgIpc) is 2.60. The smallest absolute Gasteiger partial charge is 0.360 e. The maximum Gasteiger partial charge on any atom is 0.452 e. The Morgan fingerprint density at radius 2 is 2.07 bits per heavy atom. The van der Waals surface area contributed by atoms with Crippen LogP contribution in [0.1, 0.15) is 32.0 Å². The molecule has 1 rings (SSSR count). The number of hydrogen-bond donors (Lipinski definition) is 1. The maximum atomic E-state index is 12.1. The third-order valence-electron chi connectivity index (χ3n) is 1.74. The number of unbranched alkanes of at least 4 members (excludes halogenated alkanes) is 2. The van der Waals surface area contributed by atoms with Crippen LogP contribution in [0.2, 0.25) is 0 Å². The topological polar surface area (TPSA) is 37.8 Å². The Kier molecular flexibility index (Phi) is 4.31. The van der Waals surface area contributed by atoms with Crippen molar-refractivity contribution in [2.45, 2.75) is 32.4 Å². The fourth-order valence-corrected chi connectivity index (χ4v) is 1.59. The lowest BCUT2D eigenvalue weighted by Crippen LogP contribution is -2.08. The van der Waals surface area contributed by atoms with E-state index in [9.17, 15) is 13.2 Å². The van der Waals surface area contributed by atoms with Crippen molar-refractivity contribution in [3.8, 4) is 0 Å². The van der Waals surface area contributed by atoms with Gasteiger partial charge in [-0.3, -0.25) is 0 Å². The minimum atomic E-state index is -4.44. The van der Waals surface area contributed by atoms with Crippen LogP contribution in [-0.2, 0) is 6.18 Å². The molecule has 0 unspecified atom stereocenters. The van der Waals surface area contributed by atoms with E-state index < -0.39 is 12.0 Å². The van der Waals surface area contributed by atoms with Gasteiger partial charge in [-0.25, -0.2) is 0 Å². The molecular weight excluding hydrogens is 227 g/mol. The van der Waals surface area contributed by atoms with Crippen molar-refractivity contribution in [2.24, 2.45) is 0 Å². The van der Waals surface area contributed by atoms with Crippen molar-refractivity contribution in [3.05, 3.63) is 5.82 Å². The Morgan fingerprint density at radius 1 is 1.33 bits per heavy atom. The minimum Gasteiger partial charge on any atom is -0.360 e. The fourth-order valence-electron chi connectivity index (χ4n) is 0.981. The molecule has 0 fully saturated rings. The number of anilines is 1. The van der Waals surface area contributed by atoms with Crippen LogP contribution in [0, 0.1) is 0 Å². The third kappa shape index (κ3) is 4.03. The predicted molar refractivity (Wildman–Crippen MR) is 52.9 cm³/mol. The molecule has 7 heteroatoms. The van der Waals surface area contributed by atoms with Gasteiger partial charge in [0.2, 0.25) is 11.0 Å². The normalized spacial score (nSPS) is 11.7. The molecule has 0 saturated heterocycles. The Bertz CT molecular complexity index is 298. The quantitative estimate of drug-likeness (QED) is 0.802. The number of hydrogen-bond acceptors (Lipinski definition) is 4. The van der Waals surface area contributed by atoms with E-state index in [1.807, 2.05) is 0 Å². The number of halogens is 3. The monoisotopic (exact) mass is 239 g/mol. The van der Waals surface area contributed by atoms with E-state index in [-0.39, 0.29) is 5.13 Å². The zero-order valence-electron chi connectivity index (χ0n) is 8.26. The first-order chi connectivity index (χ1) is 7.04. The molecule has 0 aromatic carbocycles. The molecule has 0 spiro atoms. The van der Waals surface area contributed by atoms with E-state index in [0.29, 0.717) is 6.54 Å². The number of nitrogens with one attached hydrogen (secondary N) is 1. The molecule has 0 aliphatic carbocycles. The van der Waals surface area contributed by atoms with Crippen LogP contribution in [-0.4, -0.2) is 15.9 Å². The second-order valence-electron chi connectivity index (χ2n) is 3.05. The van der Waals surface area contributed by atoms with Crippen LogP contribution in [0.3, 0.4) is 0 Å². The summed E-state index contributed by atoms with van der Waals surface area (Å²) >= 11 is 0.742. The number of aromatic nitrogens is 2. The summed E-state index contributed by atoms with van der Waals surface area (Å²) in [5.74, 6) is -1.06. The second kappa shape index (κ2) is 5.29. The number of rotatable bonds is 5. The van der Waals surface area contributed by atoms with E-state index in [1.165, 1.54) is 0 Å². The molecule has 0 bridgehead atoms. The van der Waals surface area contributed by atoms with Crippen molar-refractivity contribution in [2.75, 3.05) is 11.9 Å². The van der Waals surface area contributed by atoms with Gasteiger partial charge in [0.15, 0.2) is 0 Å². The first-order valence-electron chi connectivity index (χ1n) is 4.69.